The largest absolute Gasteiger partial charge is 0.464 e. The molecule has 0 aromatic carbocycles. The van der Waals surface area contributed by atoms with Crippen LogP contribution in [0, 0.1) is 0 Å². The monoisotopic (exact) mass is 314 g/mol. The molecule has 2 heterocycles. The maximum atomic E-state index is 9.87. The van der Waals surface area contributed by atoms with E-state index >= 15 is 0 Å². The van der Waals surface area contributed by atoms with Crippen molar-refractivity contribution >= 4 is 18.7 Å². The van der Waals surface area contributed by atoms with E-state index < -0.39 is 7.81 Å². The zero-order valence-corrected chi connectivity index (χ0v) is 11.0. The molecule has 1 aliphatic rings. The zero-order valence-electron chi connectivity index (χ0n) is 9.30. The van der Waals surface area contributed by atoms with Crippen LogP contribution in [0.1, 0.15) is 18.6 Å². The van der Waals surface area contributed by atoms with Crippen molar-refractivity contribution < 1.29 is 29.6 Å². The van der Waals surface area contributed by atoms with Gasteiger partial charge < -0.3 is 4.42 Å². The van der Waals surface area contributed by atoms with Crippen molar-refractivity contribution in [2.24, 2.45) is 0 Å². The van der Waals surface area contributed by atoms with E-state index in [1.54, 1.807) is 6.26 Å². The summed E-state index contributed by atoms with van der Waals surface area (Å²) in [5.74, 6) is 5.23. The second-order valence-electron chi connectivity index (χ2n) is 3.91. The summed E-state index contributed by atoms with van der Waals surface area (Å²) in [5.41, 5.74) is 0. The van der Waals surface area contributed by atoms with Crippen molar-refractivity contribution in [1.82, 2.24) is 0 Å². The van der Waals surface area contributed by atoms with Gasteiger partial charge in [0.2, 0.25) is 0 Å². The van der Waals surface area contributed by atoms with E-state index in [0.29, 0.717) is 10.9 Å². The number of hydrogen-bond acceptors (Lipinski definition) is 1. The minimum Gasteiger partial charge on any atom is -0.464 e. The Morgan fingerprint density at radius 2 is 1.56 bits per heavy atom. The van der Waals surface area contributed by atoms with Gasteiger partial charge in [0.25, 0.3) is 0 Å². The van der Waals surface area contributed by atoms with Gasteiger partial charge in [-0.25, -0.2) is 0 Å². The summed E-state index contributed by atoms with van der Waals surface area (Å²) < 4.78 is 64.5. The molecule has 0 unspecified atom stereocenters. The molecule has 9 heteroatoms. The molecule has 0 amide bonds. The molecule has 0 spiro atoms. The Bertz CT molecular complexity index is 355. The molecule has 0 aliphatic carbocycles. The normalized spacial score (nSPS) is 20.8. The molecule has 1 aliphatic heterocycles. The second kappa shape index (κ2) is 4.63. The van der Waals surface area contributed by atoms with Gasteiger partial charge in [-0.15, -0.1) is 0 Å². The van der Waals surface area contributed by atoms with E-state index in [1.165, 1.54) is 35.9 Å². The van der Waals surface area contributed by atoms with Crippen molar-refractivity contribution in [1.29, 1.82) is 0 Å². The van der Waals surface area contributed by atoms with Crippen LogP contribution in [0.25, 0.3) is 0 Å². The number of rotatable bonds is 2. The maximum Gasteiger partial charge on any atom is 0.165 e. The van der Waals surface area contributed by atoms with E-state index in [-0.39, 0.29) is 0 Å². The summed E-state index contributed by atoms with van der Waals surface area (Å²) in [4.78, 5) is 0. The van der Waals surface area contributed by atoms with Gasteiger partial charge >= 0.3 is 33.0 Å². The van der Waals surface area contributed by atoms with E-state index in [2.05, 4.69) is 6.07 Å². The van der Waals surface area contributed by atoms with Crippen LogP contribution in [0.2, 0.25) is 0 Å². The first kappa shape index (κ1) is 15.7. The molecule has 1 aromatic rings. The van der Waals surface area contributed by atoms with Gasteiger partial charge in [0, 0.05) is 0 Å². The first-order chi connectivity index (χ1) is 7.90. The Hall–Kier alpha value is -0.360. The van der Waals surface area contributed by atoms with Gasteiger partial charge in [0.15, 0.2) is 11.5 Å². The Kier molecular flexibility index (Phi) is 4.04. The average molecular weight is 314 g/mol. The predicted molar refractivity (Wildman–Crippen MR) is 62.3 cm³/mol. The Morgan fingerprint density at radius 3 is 1.94 bits per heavy atom. The summed E-state index contributed by atoms with van der Waals surface area (Å²) in [7, 11) is -10.0. The molecule has 0 N–H and O–H groups in total. The number of hydrogen-bond donors (Lipinski definition) is 0. The molecule has 0 atom stereocenters. The summed E-state index contributed by atoms with van der Waals surface area (Å²) in [6, 6.07) is 4.07. The minimum atomic E-state index is -10.7. The molecular weight excluding hydrogens is 301 g/mol. The fourth-order valence-electron chi connectivity index (χ4n) is 1.45. The summed E-state index contributed by atoms with van der Waals surface area (Å²) in [6.45, 7) is 0. The van der Waals surface area contributed by atoms with Crippen LogP contribution >= 0.6 is 7.81 Å². The molecule has 1 fully saturated rings. The summed E-state index contributed by atoms with van der Waals surface area (Å²) >= 11 is 0. The molecule has 0 saturated carbocycles. The summed E-state index contributed by atoms with van der Waals surface area (Å²) in [6.07, 6.45) is 4.64. The molecule has 1 aromatic heterocycles. The molecule has 108 valence electrons. The van der Waals surface area contributed by atoms with Gasteiger partial charge in [0.1, 0.15) is 11.5 Å². The van der Waals surface area contributed by atoms with Gasteiger partial charge in [-0.3, -0.25) is 0 Å². The van der Waals surface area contributed by atoms with Crippen molar-refractivity contribution in [3.05, 3.63) is 24.2 Å². The van der Waals surface area contributed by atoms with Crippen molar-refractivity contribution in [2.75, 3.05) is 11.5 Å². The second-order valence-corrected chi connectivity index (χ2v) is 8.16. The Labute approximate surface area is 103 Å². The van der Waals surface area contributed by atoms with Gasteiger partial charge in [0.05, 0.1) is 6.26 Å². The maximum absolute atomic E-state index is 10.7. The van der Waals surface area contributed by atoms with Crippen molar-refractivity contribution in [3.8, 4) is 0 Å². The molecule has 1 saturated heterocycles. The van der Waals surface area contributed by atoms with Crippen molar-refractivity contribution in [2.45, 2.75) is 18.6 Å². The average Bonchev–Trinajstić information content (AvgIpc) is 2.71. The van der Waals surface area contributed by atoms with Crippen molar-refractivity contribution in [3.63, 3.8) is 0 Å². The third-order valence-corrected chi connectivity index (χ3v) is 4.47. The van der Waals surface area contributed by atoms with E-state index in [9.17, 15) is 25.2 Å². The fourth-order valence-corrected chi connectivity index (χ4v) is 3.74. The molecule has 2 rings (SSSR count). The summed E-state index contributed by atoms with van der Waals surface area (Å²) in [5, 5.41) is 0. The predicted octanol–water partition coefficient (Wildman–Crippen LogP) is 5.57. The quantitative estimate of drug-likeness (QED) is 0.395. The van der Waals surface area contributed by atoms with Crippen LogP contribution in [0.5, 0.6) is 0 Å². The zero-order chi connectivity index (χ0) is 13.9. The molecule has 18 heavy (non-hydrogen) atoms. The smallest absolute Gasteiger partial charge is 0.165 e. The van der Waals surface area contributed by atoms with Crippen LogP contribution in [-0.2, 0) is 16.6 Å². The first-order valence-corrected chi connectivity index (χ1v) is 8.89. The SMILES string of the molecule is F[P-](F)(F)(F)(F)F.c1coc(C[S+]2CCCC2)c1. The van der Waals surface area contributed by atoms with E-state index in [1.807, 2.05) is 6.07 Å². The van der Waals surface area contributed by atoms with Crippen LogP contribution in [-0.4, -0.2) is 11.5 Å². The van der Waals surface area contributed by atoms with Gasteiger partial charge in [-0.1, -0.05) is 0 Å². The Balaban J connectivity index is 0.000000203. The minimum absolute atomic E-state index is 0.650. The van der Waals surface area contributed by atoms with Crippen LogP contribution < -0.4 is 0 Å². The van der Waals surface area contributed by atoms with E-state index in [4.69, 9.17) is 4.42 Å². The first-order valence-electron chi connectivity index (χ1n) is 5.13. The van der Waals surface area contributed by atoms with Crippen LogP contribution in [0.15, 0.2) is 22.8 Å². The molecule has 0 radical (unpaired) electrons. The number of furan rings is 1. The molecule has 1 nitrogen and oxygen atoms in total. The Morgan fingerprint density at radius 1 is 1.06 bits per heavy atom. The van der Waals surface area contributed by atoms with Gasteiger partial charge in [-0.05, 0) is 35.9 Å². The molecular formula is C9H13F6OPS. The third-order valence-electron chi connectivity index (χ3n) is 2.04. The van der Waals surface area contributed by atoms with Crippen LogP contribution in [0.4, 0.5) is 25.2 Å². The van der Waals surface area contributed by atoms with Crippen LogP contribution in [0.3, 0.4) is 0 Å². The molecule has 0 bridgehead atoms. The topological polar surface area (TPSA) is 13.1 Å². The van der Waals surface area contributed by atoms with E-state index in [0.717, 1.165) is 0 Å². The van der Waals surface area contributed by atoms with Gasteiger partial charge in [-0.2, -0.15) is 0 Å². The standard InChI is InChI=1S/C9H13OS.F6P/c1-2-7-11(6-1)8-9-4-3-5-10-9;1-7(2,3,4,5)6/h3-5H,1-2,6-8H2;/q+1;-1. The third kappa shape index (κ3) is 10.8. The fraction of sp³-hybridized carbons (Fsp3) is 0.556. The number of halogens is 6.